The summed E-state index contributed by atoms with van der Waals surface area (Å²) in [4.78, 5) is 34.4. The summed E-state index contributed by atoms with van der Waals surface area (Å²) in [5.74, 6) is -2.24. The molecule has 0 saturated carbocycles. The van der Waals surface area contributed by atoms with Crippen LogP contribution < -0.4 is 5.32 Å². The van der Waals surface area contributed by atoms with Crippen molar-refractivity contribution in [1.29, 1.82) is 0 Å². The highest BCUT2D eigenvalue weighted by Crippen LogP contribution is 2.28. The number of nitro benzene ring substituents is 1. The normalized spacial score (nSPS) is 10.2. The smallest absolute Gasteiger partial charge is 0.338 e. The third-order valence-corrected chi connectivity index (χ3v) is 3.88. The average Bonchev–Trinajstić information content (AvgIpc) is 2.61. The van der Waals surface area contributed by atoms with Crippen molar-refractivity contribution in [2.45, 2.75) is 4.90 Å². The number of hydrogen-bond acceptors (Lipinski definition) is 6. The van der Waals surface area contributed by atoms with Gasteiger partial charge in [-0.1, -0.05) is 12.1 Å². The Morgan fingerprint density at radius 2 is 2.00 bits per heavy atom. The summed E-state index contributed by atoms with van der Waals surface area (Å²) >= 11 is 1.17. The van der Waals surface area contributed by atoms with Crippen molar-refractivity contribution in [3.05, 3.63) is 64.0 Å². The lowest BCUT2D eigenvalue weighted by Gasteiger charge is -2.08. The van der Waals surface area contributed by atoms with E-state index in [-0.39, 0.29) is 16.9 Å². The number of anilines is 1. The van der Waals surface area contributed by atoms with Crippen molar-refractivity contribution in [3.8, 4) is 0 Å². The third-order valence-electron chi connectivity index (χ3n) is 3.09. The van der Waals surface area contributed by atoms with Crippen LogP contribution in [0, 0.1) is 15.9 Å². The molecular formula is C16H13FN2O5S. The molecule has 0 aliphatic carbocycles. The summed E-state index contributed by atoms with van der Waals surface area (Å²) in [7, 11) is 0. The highest BCUT2D eigenvalue weighted by molar-refractivity contribution is 7.98. The van der Waals surface area contributed by atoms with E-state index in [0.29, 0.717) is 4.90 Å². The van der Waals surface area contributed by atoms with Gasteiger partial charge in [0.15, 0.2) is 6.61 Å². The lowest BCUT2D eigenvalue weighted by atomic mass is 10.2. The number of hydrogen-bond donors (Lipinski definition) is 1. The number of esters is 1. The number of amides is 1. The molecule has 2 aromatic rings. The molecule has 0 spiro atoms. The fraction of sp³-hybridized carbons (Fsp3) is 0.125. The van der Waals surface area contributed by atoms with Crippen LogP contribution in [-0.4, -0.2) is 29.7 Å². The van der Waals surface area contributed by atoms with Crippen LogP contribution in [0.1, 0.15) is 10.4 Å². The van der Waals surface area contributed by atoms with Gasteiger partial charge in [0, 0.05) is 6.07 Å². The number of thioether (sulfide) groups is 1. The van der Waals surface area contributed by atoms with E-state index in [1.807, 2.05) is 0 Å². The van der Waals surface area contributed by atoms with Gasteiger partial charge in [0.25, 0.3) is 11.6 Å². The third kappa shape index (κ3) is 4.77. The lowest BCUT2D eigenvalue weighted by Crippen LogP contribution is -2.21. The van der Waals surface area contributed by atoms with Gasteiger partial charge in [-0.05, 0) is 30.5 Å². The molecule has 0 aromatic heterocycles. The van der Waals surface area contributed by atoms with Crippen LogP contribution in [0.2, 0.25) is 0 Å². The predicted octanol–water partition coefficient (Wildman–Crippen LogP) is 3.25. The number of nitrogens with zero attached hydrogens (tertiary/aromatic N) is 1. The van der Waals surface area contributed by atoms with E-state index in [9.17, 15) is 24.1 Å². The zero-order valence-corrected chi connectivity index (χ0v) is 13.8. The Morgan fingerprint density at radius 3 is 2.64 bits per heavy atom. The van der Waals surface area contributed by atoms with Crippen molar-refractivity contribution in [2.24, 2.45) is 0 Å². The first kappa shape index (κ1) is 18.4. The number of nitrogens with one attached hydrogen (secondary N) is 1. The van der Waals surface area contributed by atoms with Crippen LogP contribution in [0.4, 0.5) is 15.8 Å². The molecule has 2 aromatic carbocycles. The highest BCUT2D eigenvalue weighted by atomic mass is 32.2. The number of benzene rings is 2. The molecule has 25 heavy (non-hydrogen) atoms. The quantitative estimate of drug-likeness (QED) is 0.366. The second kappa shape index (κ2) is 8.25. The lowest BCUT2D eigenvalue weighted by molar-refractivity contribution is -0.387. The van der Waals surface area contributed by atoms with Crippen molar-refractivity contribution >= 4 is 35.0 Å². The number of ether oxygens (including phenoxy) is 1. The van der Waals surface area contributed by atoms with E-state index in [1.165, 1.54) is 48.2 Å². The zero-order valence-electron chi connectivity index (χ0n) is 13.0. The SMILES string of the molecule is CSc1ccc(C(=O)OCC(=O)Nc2ccccc2F)cc1[N+](=O)[O-]. The second-order valence-corrected chi connectivity index (χ2v) is 5.60. The van der Waals surface area contributed by atoms with Gasteiger partial charge in [0.2, 0.25) is 0 Å². The molecule has 0 aliphatic heterocycles. The topological polar surface area (TPSA) is 98.5 Å². The Hall–Kier alpha value is -2.94. The Labute approximate surface area is 146 Å². The minimum atomic E-state index is -0.889. The molecule has 0 atom stereocenters. The van der Waals surface area contributed by atoms with E-state index in [0.717, 1.165) is 6.07 Å². The maximum Gasteiger partial charge on any atom is 0.338 e. The molecule has 0 unspecified atom stereocenters. The average molecular weight is 364 g/mol. The molecule has 7 nitrogen and oxygen atoms in total. The summed E-state index contributed by atoms with van der Waals surface area (Å²) in [6.45, 7) is -0.648. The van der Waals surface area contributed by atoms with E-state index in [1.54, 1.807) is 6.26 Å². The van der Waals surface area contributed by atoms with Crippen LogP contribution in [0.25, 0.3) is 0 Å². The standard InChI is InChI=1S/C16H13FN2O5S/c1-25-14-7-6-10(8-13(14)19(22)23)16(21)24-9-15(20)18-12-5-3-2-4-11(12)17/h2-8H,9H2,1H3,(H,18,20). The Morgan fingerprint density at radius 1 is 1.28 bits per heavy atom. The minimum absolute atomic E-state index is 0.0384. The first-order chi connectivity index (χ1) is 11.9. The number of carbonyl (C=O) groups is 2. The fourth-order valence-electron chi connectivity index (χ4n) is 1.92. The van der Waals surface area contributed by atoms with Crippen molar-refractivity contribution in [3.63, 3.8) is 0 Å². The van der Waals surface area contributed by atoms with Gasteiger partial charge in [0.05, 0.1) is 21.1 Å². The van der Waals surface area contributed by atoms with Gasteiger partial charge in [-0.15, -0.1) is 11.8 Å². The number of rotatable bonds is 6. The first-order valence-corrected chi connectivity index (χ1v) is 8.18. The van der Waals surface area contributed by atoms with Gasteiger partial charge in [0.1, 0.15) is 5.82 Å². The van der Waals surface area contributed by atoms with E-state index in [4.69, 9.17) is 4.74 Å². The molecule has 1 amide bonds. The minimum Gasteiger partial charge on any atom is -0.452 e. The van der Waals surface area contributed by atoms with Crippen molar-refractivity contribution in [1.82, 2.24) is 0 Å². The number of halogens is 1. The maximum absolute atomic E-state index is 13.4. The van der Waals surface area contributed by atoms with Crippen LogP contribution in [0.15, 0.2) is 47.4 Å². The Balaban J connectivity index is 2.00. The number of para-hydroxylation sites is 1. The Bertz CT molecular complexity index is 828. The summed E-state index contributed by atoms with van der Waals surface area (Å²) in [5.41, 5.74) is -0.315. The molecule has 9 heteroatoms. The molecule has 0 radical (unpaired) electrons. The van der Waals surface area contributed by atoms with Crippen LogP contribution in [0.5, 0.6) is 0 Å². The van der Waals surface area contributed by atoms with Gasteiger partial charge in [-0.25, -0.2) is 9.18 Å². The van der Waals surface area contributed by atoms with Crippen molar-refractivity contribution < 1.29 is 23.6 Å². The van der Waals surface area contributed by atoms with Crippen LogP contribution >= 0.6 is 11.8 Å². The highest BCUT2D eigenvalue weighted by Gasteiger charge is 2.18. The predicted molar refractivity (Wildman–Crippen MR) is 90.2 cm³/mol. The van der Waals surface area contributed by atoms with E-state index in [2.05, 4.69) is 5.32 Å². The van der Waals surface area contributed by atoms with Gasteiger partial charge < -0.3 is 10.1 Å². The van der Waals surface area contributed by atoms with Gasteiger partial charge >= 0.3 is 5.97 Å². The molecule has 130 valence electrons. The molecule has 0 saturated heterocycles. The number of carbonyl (C=O) groups excluding carboxylic acids is 2. The van der Waals surface area contributed by atoms with Gasteiger partial charge in [-0.2, -0.15) is 0 Å². The summed E-state index contributed by atoms with van der Waals surface area (Å²) in [6.07, 6.45) is 1.67. The van der Waals surface area contributed by atoms with E-state index >= 15 is 0 Å². The molecule has 0 fully saturated rings. The second-order valence-electron chi connectivity index (χ2n) is 4.75. The van der Waals surface area contributed by atoms with Crippen LogP contribution in [-0.2, 0) is 9.53 Å². The largest absolute Gasteiger partial charge is 0.452 e. The summed E-state index contributed by atoms with van der Waals surface area (Å²) in [5, 5.41) is 13.3. The summed E-state index contributed by atoms with van der Waals surface area (Å²) in [6, 6.07) is 9.43. The van der Waals surface area contributed by atoms with Crippen molar-refractivity contribution in [2.75, 3.05) is 18.2 Å². The van der Waals surface area contributed by atoms with Gasteiger partial charge in [-0.3, -0.25) is 14.9 Å². The molecule has 0 aliphatic rings. The maximum atomic E-state index is 13.4. The first-order valence-electron chi connectivity index (χ1n) is 6.96. The molecule has 0 bridgehead atoms. The van der Waals surface area contributed by atoms with E-state index < -0.39 is 29.2 Å². The fourth-order valence-corrected chi connectivity index (χ4v) is 2.47. The Kier molecular flexibility index (Phi) is 6.07. The number of nitro groups is 1. The molecule has 0 heterocycles. The molecule has 2 rings (SSSR count). The zero-order chi connectivity index (χ0) is 18.4. The monoisotopic (exact) mass is 364 g/mol. The van der Waals surface area contributed by atoms with Crippen LogP contribution in [0.3, 0.4) is 0 Å². The molecular weight excluding hydrogens is 351 g/mol. The molecule has 1 N–H and O–H groups in total. The summed E-state index contributed by atoms with van der Waals surface area (Å²) < 4.78 is 18.2.